The third-order valence-electron chi connectivity index (χ3n) is 4.18. The van der Waals surface area contributed by atoms with Crippen LogP contribution in [-0.2, 0) is 17.8 Å². The van der Waals surface area contributed by atoms with Crippen LogP contribution in [0.1, 0.15) is 24.0 Å². The Balaban J connectivity index is 1.68. The molecule has 0 aliphatic carbocycles. The quantitative estimate of drug-likeness (QED) is 0.840. The Morgan fingerprint density at radius 1 is 1.17 bits per heavy atom. The van der Waals surface area contributed by atoms with E-state index in [0.29, 0.717) is 12.1 Å². The van der Waals surface area contributed by atoms with E-state index in [2.05, 4.69) is 27.0 Å². The summed E-state index contributed by atoms with van der Waals surface area (Å²) >= 11 is 0. The molecule has 2 aromatic rings. The summed E-state index contributed by atoms with van der Waals surface area (Å²) in [5.41, 5.74) is 7.87. The van der Waals surface area contributed by atoms with Gasteiger partial charge in [0.05, 0.1) is 13.2 Å². The Labute approximate surface area is 142 Å². The largest absolute Gasteiger partial charge is 0.497 e. The maximum atomic E-state index is 5.80. The van der Waals surface area contributed by atoms with Gasteiger partial charge in [0, 0.05) is 44.2 Å². The Bertz CT molecular complexity index is 624. The van der Waals surface area contributed by atoms with Crippen LogP contribution in [0.4, 0.5) is 5.95 Å². The summed E-state index contributed by atoms with van der Waals surface area (Å²) in [6.07, 6.45) is 6.15. The molecule has 24 heavy (non-hydrogen) atoms. The number of anilines is 1. The molecule has 2 N–H and O–H groups in total. The molecule has 2 heterocycles. The molecule has 0 radical (unpaired) electrons. The fraction of sp³-hybridized carbons (Fsp3) is 0.444. The minimum atomic E-state index is 0.304. The first-order valence-corrected chi connectivity index (χ1v) is 8.26. The lowest BCUT2D eigenvalue weighted by Crippen LogP contribution is -2.31. The second kappa shape index (κ2) is 8.08. The number of rotatable bonds is 7. The van der Waals surface area contributed by atoms with Crippen LogP contribution in [0.2, 0.25) is 0 Å². The zero-order chi connectivity index (χ0) is 16.8. The lowest BCUT2D eigenvalue weighted by molar-refractivity contribution is 0.0678. The van der Waals surface area contributed by atoms with Crippen molar-refractivity contribution in [3.8, 4) is 5.75 Å². The predicted octanol–water partition coefficient (Wildman–Crippen LogP) is 2.25. The minimum Gasteiger partial charge on any atom is -0.497 e. The van der Waals surface area contributed by atoms with E-state index in [1.165, 1.54) is 5.56 Å². The highest BCUT2D eigenvalue weighted by molar-refractivity contribution is 5.27. The maximum Gasteiger partial charge on any atom is 0.219 e. The Morgan fingerprint density at radius 3 is 2.50 bits per heavy atom. The number of nitrogen functional groups attached to an aromatic ring is 1. The number of methoxy groups -OCH3 is 1. The number of benzene rings is 1. The van der Waals surface area contributed by atoms with Crippen LogP contribution in [0.5, 0.6) is 5.75 Å². The molecular weight excluding hydrogens is 304 g/mol. The standard InChI is InChI=1S/C18H24N4O2/c1-23-16-6-4-14(5-7-16)11-22(13-17-3-2-8-24-17)12-15-9-20-18(19)21-10-15/h4-7,9-10,17H,2-3,8,11-13H2,1H3,(H2,19,20,21). The first kappa shape index (κ1) is 16.7. The first-order valence-electron chi connectivity index (χ1n) is 8.26. The fourth-order valence-corrected chi connectivity index (χ4v) is 2.96. The van der Waals surface area contributed by atoms with Crippen molar-refractivity contribution in [2.45, 2.75) is 32.0 Å². The van der Waals surface area contributed by atoms with Crippen molar-refractivity contribution < 1.29 is 9.47 Å². The highest BCUT2D eigenvalue weighted by Crippen LogP contribution is 2.18. The normalized spacial score (nSPS) is 17.3. The van der Waals surface area contributed by atoms with Crippen LogP contribution >= 0.6 is 0 Å². The minimum absolute atomic E-state index is 0.304. The molecule has 128 valence electrons. The third-order valence-corrected chi connectivity index (χ3v) is 4.18. The molecule has 0 spiro atoms. The van der Waals surface area contributed by atoms with Crippen molar-refractivity contribution in [1.82, 2.24) is 14.9 Å². The van der Waals surface area contributed by atoms with Crippen molar-refractivity contribution in [2.24, 2.45) is 0 Å². The summed E-state index contributed by atoms with van der Waals surface area (Å²) in [4.78, 5) is 10.5. The van der Waals surface area contributed by atoms with E-state index in [4.69, 9.17) is 15.2 Å². The van der Waals surface area contributed by atoms with E-state index in [9.17, 15) is 0 Å². The molecule has 6 nitrogen and oxygen atoms in total. The van der Waals surface area contributed by atoms with Crippen molar-refractivity contribution in [2.75, 3.05) is 26.0 Å². The van der Waals surface area contributed by atoms with Crippen LogP contribution < -0.4 is 10.5 Å². The molecule has 6 heteroatoms. The number of nitrogens with two attached hydrogens (primary N) is 1. The number of hydrogen-bond donors (Lipinski definition) is 1. The number of nitrogens with zero attached hydrogens (tertiary/aromatic N) is 3. The zero-order valence-corrected chi connectivity index (χ0v) is 14.0. The van der Waals surface area contributed by atoms with Gasteiger partial charge in [-0.25, -0.2) is 9.97 Å². The van der Waals surface area contributed by atoms with Crippen LogP contribution in [-0.4, -0.2) is 41.2 Å². The molecular formula is C18H24N4O2. The van der Waals surface area contributed by atoms with E-state index in [0.717, 1.165) is 50.4 Å². The summed E-state index contributed by atoms with van der Waals surface area (Å²) in [6.45, 7) is 3.38. The summed E-state index contributed by atoms with van der Waals surface area (Å²) in [5, 5.41) is 0. The summed E-state index contributed by atoms with van der Waals surface area (Å²) < 4.78 is 11.0. The molecule has 1 aromatic carbocycles. The van der Waals surface area contributed by atoms with E-state index >= 15 is 0 Å². The Hall–Kier alpha value is -2.18. The van der Waals surface area contributed by atoms with E-state index < -0.39 is 0 Å². The van der Waals surface area contributed by atoms with Gasteiger partial charge in [0.2, 0.25) is 5.95 Å². The lowest BCUT2D eigenvalue weighted by atomic mass is 10.1. The van der Waals surface area contributed by atoms with Gasteiger partial charge < -0.3 is 15.2 Å². The highest BCUT2D eigenvalue weighted by atomic mass is 16.5. The maximum absolute atomic E-state index is 5.80. The Morgan fingerprint density at radius 2 is 1.88 bits per heavy atom. The molecule has 0 saturated carbocycles. The van der Waals surface area contributed by atoms with E-state index in [1.807, 2.05) is 12.1 Å². The van der Waals surface area contributed by atoms with Crippen molar-refractivity contribution in [1.29, 1.82) is 0 Å². The van der Waals surface area contributed by atoms with Crippen molar-refractivity contribution in [3.05, 3.63) is 47.8 Å². The van der Waals surface area contributed by atoms with Gasteiger partial charge in [0.1, 0.15) is 5.75 Å². The lowest BCUT2D eigenvalue weighted by Gasteiger charge is -2.25. The third kappa shape index (κ3) is 4.66. The Kier molecular flexibility index (Phi) is 5.61. The van der Waals surface area contributed by atoms with Crippen molar-refractivity contribution >= 4 is 5.95 Å². The monoisotopic (exact) mass is 328 g/mol. The summed E-state index contributed by atoms with van der Waals surface area (Å²) in [5.74, 6) is 1.18. The summed E-state index contributed by atoms with van der Waals surface area (Å²) in [7, 11) is 1.68. The molecule has 1 aliphatic heterocycles. The molecule has 1 fully saturated rings. The molecule has 1 saturated heterocycles. The number of aromatic nitrogens is 2. The molecule has 0 amide bonds. The second-order valence-corrected chi connectivity index (χ2v) is 6.10. The van der Waals surface area contributed by atoms with Crippen LogP contribution in [0, 0.1) is 0 Å². The molecule has 0 bridgehead atoms. The molecule has 1 atom stereocenters. The molecule has 3 rings (SSSR count). The van der Waals surface area contributed by atoms with E-state index in [-0.39, 0.29) is 0 Å². The first-order chi connectivity index (χ1) is 11.7. The topological polar surface area (TPSA) is 73.5 Å². The number of hydrogen-bond acceptors (Lipinski definition) is 6. The predicted molar refractivity (Wildman–Crippen MR) is 92.5 cm³/mol. The van der Waals surface area contributed by atoms with Gasteiger partial charge in [-0.05, 0) is 30.5 Å². The van der Waals surface area contributed by atoms with Crippen LogP contribution in [0.15, 0.2) is 36.7 Å². The van der Waals surface area contributed by atoms with Gasteiger partial charge in [0.25, 0.3) is 0 Å². The molecule has 1 unspecified atom stereocenters. The smallest absolute Gasteiger partial charge is 0.219 e. The highest BCUT2D eigenvalue weighted by Gasteiger charge is 2.20. The number of ether oxygens (including phenoxy) is 2. The average molecular weight is 328 g/mol. The molecule has 1 aliphatic rings. The van der Waals surface area contributed by atoms with Gasteiger partial charge in [-0.15, -0.1) is 0 Å². The van der Waals surface area contributed by atoms with Gasteiger partial charge in [-0.3, -0.25) is 4.90 Å². The summed E-state index contributed by atoms with van der Waals surface area (Å²) in [6, 6.07) is 8.18. The van der Waals surface area contributed by atoms with Crippen molar-refractivity contribution in [3.63, 3.8) is 0 Å². The SMILES string of the molecule is COc1ccc(CN(Cc2cnc(N)nc2)CC2CCCO2)cc1. The van der Waals surface area contributed by atoms with Gasteiger partial charge in [0.15, 0.2) is 0 Å². The molecule has 1 aromatic heterocycles. The van der Waals surface area contributed by atoms with Crippen LogP contribution in [0.25, 0.3) is 0 Å². The second-order valence-electron chi connectivity index (χ2n) is 6.10. The van der Waals surface area contributed by atoms with Crippen LogP contribution in [0.3, 0.4) is 0 Å². The average Bonchev–Trinajstić information content (AvgIpc) is 3.10. The van der Waals surface area contributed by atoms with Gasteiger partial charge in [-0.2, -0.15) is 0 Å². The van der Waals surface area contributed by atoms with E-state index in [1.54, 1.807) is 19.5 Å². The zero-order valence-electron chi connectivity index (χ0n) is 14.0. The van der Waals surface area contributed by atoms with Gasteiger partial charge >= 0.3 is 0 Å². The van der Waals surface area contributed by atoms with Gasteiger partial charge in [-0.1, -0.05) is 12.1 Å². The fourth-order valence-electron chi connectivity index (χ4n) is 2.96.